The van der Waals surface area contributed by atoms with Gasteiger partial charge in [0.05, 0.1) is 23.7 Å². The second-order valence-electron chi connectivity index (χ2n) is 10.3. The zero-order valence-electron chi connectivity index (χ0n) is 20.9. The molecule has 1 N–H and O–H groups in total. The first-order valence-corrected chi connectivity index (χ1v) is 13.6. The van der Waals surface area contributed by atoms with Crippen LogP contribution in [0.2, 0.25) is 0 Å². The average molecular weight is 515 g/mol. The monoisotopic (exact) mass is 514 g/mol. The molecular formula is C26H31FN4O4S. The molecule has 0 radical (unpaired) electrons. The maximum Gasteiger partial charge on any atom is 0.248 e. The van der Waals surface area contributed by atoms with Gasteiger partial charge in [0.1, 0.15) is 16.4 Å². The first kappa shape index (κ1) is 24.9. The molecule has 36 heavy (non-hydrogen) atoms. The number of sulfonamides is 1. The molecular weight excluding hydrogens is 483 g/mol. The van der Waals surface area contributed by atoms with E-state index in [1.165, 1.54) is 22.0 Å². The van der Waals surface area contributed by atoms with Gasteiger partial charge in [-0.2, -0.15) is 9.40 Å². The number of aliphatic hydroxyl groups is 1. The highest BCUT2D eigenvalue weighted by Gasteiger charge is 2.47. The number of hydrogen-bond donors (Lipinski definition) is 1. The lowest BCUT2D eigenvalue weighted by Crippen LogP contribution is -2.43. The number of aliphatic hydroxyl groups excluding tert-OH is 1. The summed E-state index contributed by atoms with van der Waals surface area (Å²) in [6.45, 7) is 7.26. The first-order valence-electron chi connectivity index (χ1n) is 12.2. The van der Waals surface area contributed by atoms with Crippen molar-refractivity contribution in [3.8, 4) is 5.69 Å². The Morgan fingerprint density at radius 1 is 1.31 bits per heavy atom. The van der Waals surface area contributed by atoms with Crippen molar-refractivity contribution in [2.45, 2.75) is 58.0 Å². The van der Waals surface area contributed by atoms with E-state index in [0.29, 0.717) is 5.69 Å². The average Bonchev–Trinajstić information content (AvgIpc) is 3.46. The molecule has 192 valence electrons. The second-order valence-corrected chi connectivity index (χ2v) is 12.1. The van der Waals surface area contributed by atoms with Gasteiger partial charge in [-0.15, -0.1) is 0 Å². The number of aryl methyl sites for hydroxylation is 2. The van der Waals surface area contributed by atoms with Gasteiger partial charge in [0.15, 0.2) is 5.76 Å². The van der Waals surface area contributed by atoms with Crippen LogP contribution in [0.1, 0.15) is 49.4 Å². The molecule has 3 aromatic rings. The number of allylic oxidation sites excluding steroid dienone is 1. The maximum atomic E-state index is 13.7. The molecule has 2 aliphatic carbocycles. The number of halogens is 1. The summed E-state index contributed by atoms with van der Waals surface area (Å²) in [7, 11) is -3.91. The van der Waals surface area contributed by atoms with Crippen LogP contribution in [0.25, 0.3) is 11.8 Å². The van der Waals surface area contributed by atoms with Gasteiger partial charge in [-0.05, 0) is 87.3 Å². The Kier molecular flexibility index (Phi) is 6.17. The molecule has 10 heteroatoms. The van der Waals surface area contributed by atoms with Crippen LogP contribution in [-0.2, 0) is 16.4 Å². The van der Waals surface area contributed by atoms with Crippen molar-refractivity contribution >= 4 is 16.1 Å². The van der Waals surface area contributed by atoms with Gasteiger partial charge in [-0.25, -0.2) is 17.5 Å². The Morgan fingerprint density at radius 2 is 2.03 bits per heavy atom. The number of aromatic nitrogens is 3. The molecule has 0 aliphatic heterocycles. The molecule has 8 nitrogen and oxygen atoms in total. The normalized spacial score (nSPS) is 22.4. The molecule has 5 rings (SSSR count). The van der Waals surface area contributed by atoms with Crippen LogP contribution < -0.4 is 0 Å². The summed E-state index contributed by atoms with van der Waals surface area (Å²) in [6, 6.07) is 6.26. The summed E-state index contributed by atoms with van der Waals surface area (Å²) in [6.07, 6.45) is 5.61. The Hall–Kier alpha value is -2.82. The van der Waals surface area contributed by atoms with Crippen LogP contribution in [0.4, 0.5) is 4.39 Å². The van der Waals surface area contributed by atoms with E-state index < -0.39 is 16.1 Å². The summed E-state index contributed by atoms with van der Waals surface area (Å²) >= 11 is 0. The molecule has 2 aliphatic rings. The van der Waals surface area contributed by atoms with Crippen molar-refractivity contribution in [3.63, 3.8) is 0 Å². The van der Waals surface area contributed by atoms with Crippen LogP contribution >= 0.6 is 0 Å². The van der Waals surface area contributed by atoms with E-state index in [9.17, 15) is 17.9 Å². The standard InChI is InChI=1S/C26H31FN4O4S/c1-16(32)14-30(36(33,34)25-17(2)29-35-18(25)3)15-21-6-5-20-11-24-19(12-26(20,21)4)13-28-31(24)23-9-7-22(27)8-10-23/h7-11,13,16,21,32H,5-6,12,14-15H2,1-4H3/t16-,21-,26+/m1/s1. The number of hydrogen-bond acceptors (Lipinski definition) is 6. The van der Waals surface area contributed by atoms with E-state index in [-0.39, 0.29) is 40.9 Å². The number of benzene rings is 1. The van der Waals surface area contributed by atoms with E-state index in [1.54, 1.807) is 32.9 Å². The second kappa shape index (κ2) is 8.93. The Balaban J connectivity index is 1.46. The fourth-order valence-corrected chi connectivity index (χ4v) is 7.66. The van der Waals surface area contributed by atoms with E-state index in [2.05, 4.69) is 23.3 Å². The molecule has 0 spiro atoms. The molecule has 0 unspecified atom stereocenters. The summed E-state index contributed by atoms with van der Waals surface area (Å²) < 4.78 is 49.1. The topological polar surface area (TPSA) is 101 Å². The molecule has 0 saturated heterocycles. The lowest BCUT2D eigenvalue weighted by atomic mass is 9.70. The van der Waals surface area contributed by atoms with Crippen LogP contribution in [0.15, 0.2) is 45.5 Å². The Bertz CT molecular complexity index is 1400. The minimum atomic E-state index is -3.91. The first-order chi connectivity index (χ1) is 17.0. The van der Waals surface area contributed by atoms with E-state index in [1.807, 2.05) is 10.9 Å². The van der Waals surface area contributed by atoms with Crippen LogP contribution in [0.5, 0.6) is 0 Å². The van der Waals surface area contributed by atoms with Gasteiger partial charge in [-0.1, -0.05) is 17.7 Å². The van der Waals surface area contributed by atoms with Crippen molar-refractivity contribution in [3.05, 3.63) is 64.6 Å². The Morgan fingerprint density at radius 3 is 2.67 bits per heavy atom. The fraction of sp³-hybridized carbons (Fsp3) is 0.462. The number of rotatable bonds is 7. The van der Waals surface area contributed by atoms with Crippen molar-refractivity contribution in [2.75, 3.05) is 13.1 Å². The third-order valence-electron chi connectivity index (χ3n) is 7.68. The summed E-state index contributed by atoms with van der Waals surface area (Å²) in [4.78, 5) is 0.0774. The predicted octanol–water partition coefficient (Wildman–Crippen LogP) is 4.04. The largest absolute Gasteiger partial charge is 0.392 e. The lowest BCUT2D eigenvalue weighted by Gasteiger charge is -2.38. The van der Waals surface area contributed by atoms with Crippen LogP contribution in [0.3, 0.4) is 0 Å². The highest BCUT2D eigenvalue weighted by atomic mass is 32.2. The van der Waals surface area contributed by atoms with Gasteiger partial charge in [-0.3, -0.25) is 0 Å². The lowest BCUT2D eigenvalue weighted by molar-refractivity contribution is 0.142. The van der Waals surface area contributed by atoms with Gasteiger partial charge in [0, 0.05) is 13.1 Å². The fourth-order valence-electron chi connectivity index (χ4n) is 5.80. The predicted molar refractivity (Wildman–Crippen MR) is 132 cm³/mol. The molecule has 2 aromatic heterocycles. The van der Waals surface area contributed by atoms with Gasteiger partial charge in [0.25, 0.3) is 0 Å². The van der Waals surface area contributed by atoms with E-state index in [4.69, 9.17) is 4.52 Å². The van der Waals surface area contributed by atoms with E-state index in [0.717, 1.165) is 36.2 Å². The molecule has 0 amide bonds. The van der Waals surface area contributed by atoms with Gasteiger partial charge >= 0.3 is 0 Å². The molecule has 2 heterocycles. The van der Waals surface area contributed by atoms with Crippen molar-refractivity contribution < 1.29 is 22.4 Å². The number of fused-ring (bicyclic) bond motifs is 2. The van der Waals surface area contributed by atoms with Crippen molar-refractivity contribution in [1.82, 2.24) is 19.2 Å². The smallest absolute Gasteiger partial charge is 0.248 e. The SMILES string of the molecule is Cc1noc(C)c1S(=O)(=O)N(C[C@H]1CCC2=Cc3c(cnn3-c3ccc(F)cc3)C[C@@]21C)C[C@@H](C)O. The van der Waals surface area contributed by atoms with Crippen molar-refractivity contribution in [1.29, 1.82) is 0 Å². The zero-order valence-corrected chi connectivity index (χ0v) is 21.7. The Labute approximate surface area is 210 Å². The third-order valence-corrected chi connectivity index (χ3v) is 9.76. The molecule has 1 saturated carbocycles. The summed E-state index contributed by atoms with van der Waals surface area (Å²) in [5.74, 6) is 0.00882. The van der Waals surface area contributed by atoms with Gasteiger partial charge in [0.2, 0.25) is 10.0 Å². The minimum Gasteiger partial charge on any atom is -0.392 e. The number of nitrogens with zero attached hydrogens (tertiary/aromatic N) is 4. The third kappa shape index (κ3) is 4.10. The van der Waals surface area contributed by atoms with Gasteiger partial charge < -0.3 is 9.63 Å². The highest BCUT2D eigenvalue weighted by molar-refractivity contribution is 7.89. The molecule has 0 bridgehead atoms. The zero-order chi connectivity index (χ0) is 25.8. The van der Waals surface area contributed by atoms with Crippen LogP contribution in [-0.4, -0.2) is 52.0 Å². The molecule has 1 fully saturated rings. The minimum absolute atomic E-state index is 0.00816. The van der Waals surface area contributed by atoms with E-state index >= 15 is 0 Å². The highest BCUT2D eigenvalue weighted by Crippen LogP contribution is 2.53. The van der Waals surface area contributed by atoms with Crippen LogP contribution in [0, 0.1) is 31.0 Å². The van der Waals surface area contributed by atoms with Crippen molar-refractivity contribution in [2.24, 2.45) is 11.3 Å². The summed E-state index contributed by atoms with van der Waals surface area (Å²) in [5.41, 5.74) is 4.19. The molecule has 1 aromatic carbocycles. The summed E-state index contributed by atoms with van der Waals surface area (Å²) in [5, 5.41) is 18.6. The maximum absolute atomic E-state index is 13.7. The molecule has 3 atom stereocenters. The quantitative estimate of drug-likeness (QED) is 0.511.